The fourth-order valence-electron chi connectivity index (χ4n) is 3.88. The molecule has 1 N–H and O–H groups in total. The summed E-state index contributed by atoms with van der Waals surface area (Å²) in [4.78, 5) is 38.2. The second kappa shape index (κ2) is 12.2. The minimum atomic E-state index is -3.91. The number of nitrogens with one attached hydrogen (secondary N) is 1. The van der Waals surface area contributed by atoms with Crippen LogP contribution in [0.15, 0.2) is 23.1 Å². The van der Waals surface area contributed by atoms with E-state index >= 15 is 0 Å². The second-order valence-corrected chi connectivity index (χ2v) is 11.5. The van der Waals surface area contributed by atoms with Gasteiger partial charge >= 0.3 is 11.9 Å². The number of carbonyl (C=O) groups excluding carboxylic acids is 3. The first kappa shape index (κ1) is 28.1. The molecule has 1 aromatic carbocycles. The van der Waals surface area contributed by atoms with E-state index in [9.17, 15) is 22.8 Å². The van der Waals surface area contributed by atoms with Gasteiger partial charge in [0.2, 0.25) is 10.0 Å². The van der Waals surface area contributed by atoms with Crippen molar-refractivity contribution in [3.05, 3.63) is 44.8 Å². The lowest BCUT2D eigenvalue weighted by Crippen LogP contribution is -2.32. The molecule has 0 saturated carbocycles. The summed E-state index contributed by atoms with van der Waals surface area (Å²) in [5.74, 6) is -1.98. The zero-order chi connectivity index (χ0) is 26.5. The van der Waals surface area contributed by atoms with E-state index in [4.69, 9.17) is 21.1 Å². The molecule has 1 aromatic heterocycles. The molecule has 196 valence electrons. The molecule has 1 fully saturated rings. The summed E-state index contributed by atoms with van der Waals surface area (Å²) in [5.41, 5.74) is 0.406. The highest BCUT2D eigenvalue weighted by Gasteiger charge is 2.30. The number of ether oxygens (including phenoxy) is 2. The number of hydrogen-bond acceptors (Lipinski definition) is 8. The molecule has 1 amide bonds. The summed E-state index contributed by atoms with van der Waals surface area (Å²) in [5, 5.41) is 2.75. The Morgan fingerprint density at radius 2 is 1.64 bits per heavy atom. The van der Waals surface area contributed by atoms with Crippen LogP contribution in [0.4, 0.5) is 5.00 Å². The molecule has 9 nitrogen and oxygen atoms in total. The van der Waals surface area contributed by atoms with E-state index in [1.165, 1.54) is 22.5 Å². The molecule has 1 aliphatic heterocycles. The second-order valence-electron chi connectivity index (χ2n) is 8.12. The number of amides is 1. The van der Waals surface area contributed by atoms with E-state index in [1.54, 1.807) is 20.8 Å². The van der Waals surface area contributed by atoms with Gasteiger partial charge < -0.3 is 14.8 Å². The maximum Gasteiger partial charge on any atom is 0.348 e. The van der Waals surface area contributed by atoms with Crippen molar-refractivity contribution in [3.8, 4) is 0 Å². The highest BCUT2D eigenvalue weighted by atomic mass is 35.5. The Kier molecular flexibility index (Phi) is 9.51. The normalized spacial score (nSPS) is 14.7. The number of carbonyl (C=O) groups is 3. The van der Waals surface area contributed by atoms with Crippen molar-refractivity contribution < 1.29 is 32.3 Å². The number of halogens is 1. The van der Waals surface area contributed by atoms with E-state index in [1.807, 2.05) is 0 Å². The number of benzene rings is 1. The molecule has 2 heterocycles. The molecule has 1 aliphatic rings. The average Bonchev–Trinajstić information content (AvgIpc) is 2.99. The Morgan fingerprint density at radius 3 is 2.25 bits per heavy atom. The molecule has 3 rings (SSSR count). The molecule has 2 aromatic rings. The van der Waals surface area contributed by atoms with Crippen LogP contribution in [0.5, 0.6) is 0 Å². The van der Waals surface area contributed by atoms with E-state index in [0.717, 1.165) is 37.0 Å². The highest BCUT2D eigenvalue weighted by Crippen LogP contribution is 2.35. The maximum absolute atomic E-state index is 13.3. The monoisotopic (exact) mass is 556 g/mol. The fourth-order valence-corrected chi connectivity index (χ4v) is 6.98. The number of thiophene rings is 1. The van der Waals surface area contributed by atoms with Gasteiger partial charge in [-0.2, -0.15) is 4.31 Å². The van der Waals surface area contributed by atoms with Crippen LogP contribution >= 0.6 is 22.9 Å². The van der Waals surface area contributed by atoms with Gasteiger partial charge in [-0.3, -0.25) is 4.79 Å². The van der Waals surface area contributed by atoms with Gasteiger partial charge in [0.05, 0.1) is 23.8 Å². The minimum Gasteiger partial charge on any atom is -0.462 e. The smallest absolute Gasteiger partial charge is 0.348 e. The third kappa shape index (κ3) is 6.08. The third-order valence-corrected chi connectivity index (χ3v) is 9.26. The molecular weight excluding hydrogens is 528 g/mol. The van der Waals surface area contributed by atoms with Crippen LogP contribution in [0.3, 0.4) is 0 Å². The van der Waals surface area contributed by atoms with Gasteiger partial charge in [-0.1, -0.05) is 24.4 Å². The summed E-state index contributed by atoms with van der Waals surface area (Å²) in [7, 11) is -3.91. The quantitative estimate of drug-likeness (QED) is 0.460. The molecule has 1 saturated heterocycles. The largest absolute Gasteiger partial charge is 0.462 e. The van der Waals surface area contributed by atoms with Crippen molar-refractivity contribution in [1.29, 1.82) is 0 Å². The number of hydrogen-bond donors (Lipinski definition) is 1. The Hall–Kier alpha value is -2.47. The van der Waals surface area contributed by atoms with E-state index in [0.29, 0.717) is 18.7 Å². The lowest BCUT2D eigenvalue weighted by molar-refractivity contribution is 0.0527. The topological polar surface area (TPSA) is 119 Å². The molecule has 36 heavy (non-hydrogen) atoms. The van der Waals surface area contributed by atoms with Crippen LogP contribution in [0.1, 0.15) is 75.5 Å². The average molecular weight is 557 g/mol. The number of esters is 2. The molecule has 0 bridgehead atoms. The molecule has 12 heteroatoms. The first-order chi connectivity index (χ1) is 17.1. The number of nitrogens with zero attached hydrogens (tertiary/aromatic N) is 1. The van der Waals surface area contributed by atoms with Crippen LogP contribution in [0.2, 0.25) is 5.02 Å². The lowest BCUT2D eigenvalue weighted by atomic mass is 10.1. The van der Waals surface area contributed by atoms with Crippen molar-refractivity contribution in [3.63, 3.8) is 0 Å². The van der Waals surface area contributed by atoms with Gasteiger partial charge in [0.1, 0.15) is 14.8 Å². The van der Waals surface area contributed by atoms with Crippen LogP contribution < -0.4 is 5.32 Å². The highest BCUT2D eigenvalue weighted by molar-refractivity contribution is 7.89. The maximum atomic E-state index is 13.3. The standard InChI is InChI=1S/C24H29ClN2O7S2/c1-4-33-23(29)19-15(3)20(24(30)34-5-2)35-22(19)26-21(28)16-10-11-17(25)18(14-16)36(31,32)27-12-8-6-7-9-13-27/h10-11,14H,4-9,12-13H2,1-3H3,(H,26,28). The van der Waals surface area contributed by atoms with Crippen LogP contribution in [-0.4, -0.2) is 56.9 Å². The van der Waals surface area contributed by atoms with Gasteiger partial charge in [0.15, 0.2) is 0 Å². The molecule has 0 spiro atoms. The van der Waals surface area contributed by atoms with Crippen molar-refractivity contribution in [2.24, 2.45) is 0 Å². The van der Waals surface area contributed by atoms with Crippen molar-refractivity contribution in [2.75, 3.05) is 31.6 Å². The van der Waals surface area contributed by atoms with Crippen LogP contribution in [0, 0.1) is 6.92 Å². The SMILES string of the molecule is CCOC(=O)c1sc(NC(=O)c2ccc(Cl)c(S(=O)(=O)N3CCCCCC3)c2)c(C(=O)OCC)c1C. The zero-order valence-corrected chi connectivity index (χ0v) is 22.8. The Bertz CT molecular complexity index is 1250. The van der Waals surface area contributed by atoms with Gasteiger partial charge in [-0.15, -0.1) is 11.3 Å². The molecular formula is C24H29ClN2O7S2. The molecule has 0 atom stereocenters. The first-order valence-electron chi connectivity index (χ1n) is 11.7. The van der Waals surface area contributed by atoms with Gasteiger partial charge in [-0.05, 0) is 57.4 Å². The zero-order valence-electron chi connectivity index (χ0n) is 20.4. The molecule has 0 radical (unpaired) electrons. The number of anilines is 1. The van der Waals surface area contributed by atoms with E-state index in [2.05, 4.69) is 5.32 Å². The predicted octanol–water partition coefficient (Wildman–Crippen LogP) is 4.88. The summed E-state index contributed by atoms with van der Waals surface area (Å²) in [6.07, 6.45) is 3.43. The predicted molar refractivity (Wildman–Crippen MR) is 138 cm³/mol. The summed E-state index contributed by atoms with van der Waals surface area (Å²) in [6, 6.07) is 3.99. The van der Waals surface area contributed by atoms with E-state index in [-0.39, 0.29) is 44.1 Å². The first-order valence-corrected chi connectivity index (χ1v) is 14.3. The summed E-state index contributed by atoms with van der Waals surface area (Å²) < 4.78 is 38.2. The minimum absolute atomic E-state index is 0.0135. The number of sulfonamides is 1. The third-order valence-electron chi connectivity index (χ3n) is 5.69. The Labute approximate surface area is 219 Å². The summed E-state index contributed by atoms with van der Waals surface area (Å²) in [6.45, 7) is 5.90. The summed E-state index contributed by atoms with van der Waals surface area (Å²) >= 11 is 7.14. The van der Waals surface area contributed by atoms with Crippen molar-refractivity contribution in [1.82, 2.24) is 4.31 Å². The van der Waals surface area contributed by atoms with Gasteiger partial charge in [-0.25, -0.2) is 18.0 Å². The lowest BCUT2D eigenvalue weighted by Gasteiger charge is -2.21. The van der Waals surface area contributed by atoms with Gasteiger partial charge in [0.25, 0.3) is 5.91 Å². The fraction of sp³-hybridized carbons (Fsp3) is 0.458. The Balaban J connectivity index is 1.96. The van der Waals surface area contributed by atoms with Gasteiger partial charge in [0, 0.05) is 18.7 Å². The van der Waals surface area contributed by atoms with Crippen molar-refractivity contribution in [2.45, 2.75) is 51.3 Å². The van der Waals surface area contributed by atoms with E-state index < -0.39 is 27.9 Å². The Morgan fingerprint density at radius 1 is 1.03 bits per heavy atom. The number of rotatable bonds is 8. The van der Waals surface area contributed by atoms with Crippen LogP contribution in [-0.2, 0) is 19.5 Å². The van der Waals surface area contributed by atoms with Crippen LogP contribution in [0.25, 0.3) is 0 Å². The van der Waals surface area contributed by atoms with Crippen molar-refractivity contribution >= 4 is 55.8 Å². The molecule has 0 aliphatic carbocycles. The molecule has 0 unspecified atom stereocenters.